The Morgan fingerprint density at radius 1 is 1.25 bits per heavy atom. The average molecular weight is 393 g/mol. The van der Waals surface area contributed by atoms with E-state index in [-0.39, 0.29) is 12.0 Å². The molecule has 4 nitrogen and oxygen atoms in total. The molecule has 0 bridgehead atoms. The summed E-state index contributed by atoms with van der Waals surface area (Å²) < 4.78 is 49.7. The van der Waals surface area contributed by atoms with Gasteiger partial charge in [-0.2, -0.15) is 13.2 Å². The van der Waals surface area contributed by atoms with E-state index in [1.54, 1.807) is 37.3 Å². The first-order chi connectivity index (χ1) is 13.3. The summed E-state index contributed by atoms with van der Waals surface area (Å²) in [4.78, 5) is 12.4. The lowest BCUT2D eigenvalue weighted by Gasteiger charge is -2.16. The predicted molar refractivity (Wildman–Crippen MR) is 98.2 cm³/mol. The molecule has 28 heavy (non-hydrogen) atoms. The molecule has 0 aliphatic carbocycles. The second-order valence-corrected chi connectivity index (χ2v) is 6.79. The molecule has 7 heteroatoms. The van der Waals surface area contributed by atoms with Gasteiger partial charge in [-0.3, -0.25) is 4.79 Å². The van der Waals surface area contributed by atoms with Crippen LogP contribution >= 0.6 is 0 Å². The monoisotopic (exact) mass is 393 g/mol. The number of amides is 1. The van der Waals surface area contributed by atoms with E-state index in [9.17, 15) is 18.0 Å². The quantitative estimate of drug-likeness (QED) is 0.770. The molecule has 1 amide bonds. The van der Waals surface area contributed by atoms with Crippen LogP contribution in [0.3, 0.4) is 0 Å². The summed E-state index contributed by atoms with van der Waals surface area (Å²) in [5, 5.41) is 2.72. The Labute approximate surface area is 161 Å². The van der Waals surface area contributed by atoms with E-state index in [1.807, 2.05) is 0 Å². The van der Waals surface area contributed by atoms with E-state index in [0.29, 0.717) is 23.5 Å². The topological polar surface area (TPSA) is 47.6 Å². The fourth-order valence-electron chi connectivity index (χ4n) is 3.02. The van der Waals surface area contributed by atoms with Crippen molar-refractivity contribution in [3.8, 4) is 5.75 Å². The van der Waals surface area contributed by atoms with Gasteiger partial charge in [0.05, 0.1) is 17.7 Å². The standard InChI is InChI=1S/C21H22F3NO3/c1-14(16-4-2-5-17(12-16)21(22,23)24)25-20(26)15-7-9-18(10-8-15)28-13-19-6-3-11-27-19/h2,4-5,7-10,12,14,19H,3,6,11,13H2,1H3,(H,25,26)/t14-,19-/m0/s1. The molecule has 1 aliphatic heterocycles. The van der Waals surface area contributed by atoms with Crippen molar-refractivity contribution in [2.75, 3.05) is 13.2 Å². The van der Waals surface area contributed by atoms with Crippen molar-refractivity contribution in [3.05, 3.63) is 65.2 Å². The molecule has 3 rings (SSSR count). The zero-order valence-corrected chi connectivity index (χ0v) is 15.5. The van der Waals surface area contributed by atoms with Gasteiger partial charge in [0.2, 0.25) is 0 Å². The number of halogens is 3. The Morgan fingerprint density at radius 3 is 2.64 bits per heavy atom. The van der Waals surface area contributed by atoms with Gasteiger partial charge in [0.15, 0.2) is 0 Å². The summed E-state index contributed by atoms with van der Waals surface area (Å²) >= 11 is 0. The van der Waals surface area contributed by atoms with E-state index >= 15 is 0 Å². The minimum Gasteiger partial charge on any atom is -0.491 e. The molecular formula is C21H22F3NO3. The lowest BCUT2D eigenvalue weighted by atomic mass is 10.0. The SMILES string of the molecule is C[C@H](NC(=O)c1ccc(OC[C@@H]2CCCO2)cc1)c1cccc(C(F)(F)F)c1. The van der Waals surface area contributed by atoms with Crippen molar-refractivity contribution in [3.63, 3.8) is 0 Å². The van der Waals surface area contributed by atoms with Gasteiger partial charge in [0.25, 0.3) is 5.91 Å². The maximum atomic E-state index is 12.9. The number of hydrogen-bond acceptors (Lipinski definition) is 3. The number of ether oxygens (including phenoxy) is 2. The van der Waals surface area contributed by atoms with Crippen LogP contribution in [-0.2, 0) is 10.9 Å². The van der Waals surface area contributed by atoms with Crippen LogP contribution in [0.4, 0.5) is 13.2 Å². The van der Waals surface area contributed by atoms with E-state index in [0.717, 1.165) is 31.6 Å². The van der Waals surface area contributed by atoms with Crippen LogP contribution in [0.1, 0.15) is 47.3 Å². The number of hydrogen-bond donors (Lipinski definition) is 1. The summed E-state index contributed by atoms with van der Waals surface area (Å²) in [6, 6.07) is 11.0. The second-order valence-electron chi connectivity index (χ2n) is 6.79. The van der Waals surface area contributed by atoms with Crippen LogP contribution in [0.5, 0.6) is 5.75 Å². The van der Waals surface area contributed by atoms with Crippen LogP contribution in [-0.4, -0.2) is 25.2 Å². The van der Waals surface area contributed by atoms with Crippen LogP contribution in [0.2, 0.25) is 0 Å². The number of alkyl halides is 3. The van der Waals surface area contributed by atoms with Gasteiger partial charge in [-0.05, 0) is 61.7 Å². The first-order valence-corrected chi connectivity index (χ1v) is 9.15. The van der Waals surface area contributed by atoms with Crippen LogP contribution in [0.15, 0.2) is 48.5 Å². The lowest BCUT2D eigenvalue weighted by Crippen LogP contribution is -2.26. The number of rotatable bonds is 6. The molecule has 0 saturated carbocycles. The van der Waals surface area contributed by atoms with Crippen molar-refractivity contribution in [2.45, 2.75) is 38.1 Å². The Hall–Kier alpha value is -2.54. The fourth-order valence-corrected chi connectivity index (χ4v) is 3.02. The molecule has 150 valence electrons. The fraction of sp³-hybridized carbons (Fsp3) is 0.381. The molecule has 0 radical (unpaired) electrons. The van der Waals surface area contributed by atoms with Gasteiger partial charge in [0.1, 0.15) is 12.4 Å². The highest BCUT2D eigenvalue weighted by molar-refractivity contribution is 5.94. The Kier molecular flexibility index (Phi) is 6.24. The van der Waals surface area contributed by atoms with E-state index in [4.69, 9.17) is 9.47 Å². The zero-order valence-electron chi connectivity index (χ0n) is 15.5. The van der Waals surface area contributed by atoms with Crippen molar-refractivity contribution >= 4 is 5.91 Å². The summed E-state index contributed by atoms with van der Waals surface area (Å²) in [5.74, 6) is 0.272. The van der Waals surface area contributed by atoms with Gasteiger partial charge in [0, 0.05) is 12.2 Å². The normalized spacial score (nSPS) is 17.9. The van der Waals surface area contributed by atoms with Crippen molar-refractivity contribution in [1.82, 2.24) is 5.32 Å². The van der Waals surface area contributed by atoms with E-state index < -0.39 is 17.8 Å². The van der Waals surface area contributed by atoms with Gasteiger partial charge < -0.3 is 14.8 Å². The molecular weight excluding hydrogens is 371 g/mol. The number of nitrogens with one attached hydrogen (secondary N) is 1. The molecule has 1 aliphatic rings. The zero-order chi connectivity index (χ0) is 20.1. The molecule has 1 fully saturated rings. The van der Waals surface area contributed by atoms with E-state index in [1.165, 1.54) is 6.07 Å². The smallest absolute Gasteiger partial charge is 0.416 e. The molecule has 2 aromatic rings. The summed E-state index contributed by atoms with van der Waals surface area (Å²) in [6.07, 6.45) is -2.29. The van der Waals surface area contributed by atoms with Crippen molar-refractivity contribution in [1.29, 1.82) is 0 Å². The lowest BCUT2D eigenvalue weighted by molar-refractivity contribution is -0.137. The number of carbonyl (C=O) groups excluding carboxylic acids is 1. The van der Waals surface area contributed by atoms with Crippen LogP contribution < -0.4 is 10.1 Å². The summed E-state index contributed by atoms with van der Waals surface area (Å²) in [6.45, 7) is 2.88. The molecule has 2 atom stereocenters. The largest absolute Gasteiger partial charge is 0.491 e. The maximum Gasteiger partial charge on any atom is 0.416 e. The molecule has 1 N–H and O–H groups in total. The minimum absolute atomic E-state index is 0.108. The highest BCUT2D eigenvalue weighted by Crippen LogP contribution is 2.30. The molecule has 0 unspecified atom stereocenters. The third kappa shape index (κ3) is 5.25. The number of benzene rings is 2. The Balaban J connectivity index is 1.58. The van der Waals surface area contributed by atoms with Gasteiger partial charge >= 0.3 is 6.18 Å². The van der Waals surface area contributed by atoms with Gasteiger partial charge in [-0.1, -0.05) is 12.1 Å². The first-order valence-electron chi connectivity index (χ1n) is 9.15. The molecule has 0 spiro atoms. The van der Waals surface area contributed by atoms with Gasteiger partial charge in [-0.25, -0.2) is 0 Å². The Bertz CT molecular complexity index is 799. The van der Waals surface area contributed by atoms with Crippen LogP contribution in [0, 0.1) is 0 Å². The summed E-state index contributed by atoms with van der Waals surface area (Å²) in [5.41, 5.74) is 0.0572. The van der Waals surface area contributed by atoms with Crippen molar-refractivity contribution < 1.29 is 27.4 Å². The van der Waals surface area contributed by atoms with Crippen molar-refractivity contribution in [2.24, 2.45) is 0 Å². The molecule has 1 heterocycles. The average Bonchev–Trinajstić information content (AvgIpc) is 3.20. The molecule has 1 saturated heterocycles. The third-order valence-corrected chi connectivity index (χ3v) is 4.64. The first kappa shape index (κ1) is 20.2. The minimum atomic E-state index is -4.42. The van der Waals surface area contributed by atoms with E-state index in [2.05, 4.69) is 5.32 Å². The highest BCUT2D eigenvalue weighted by Gasteiger charge is 2.30. The molecule has 0 aromatic heterocycles. The van der Waals surface area contributed by atoms with Crippen LogP contribution in [0.25, 0.3) is 0 Å². The maximum absolute atomic E-state index is 12.9. The third-order valence-electron chi connectivity index (χ3n) is 4.64. The van der Waals surface area contributed by atoms with Gasteiger partial charge in [-0.15, -0.1) is 0 Å². The highest BCUT2D eigenvalue weighted by atomic mass is 19.4. The second kappa shape index (κ2) is 8.65. The number of carbonyl (C=O) groups is 1. The summed E-state index contributed by atoms with van der Waals surface area (Å²) in [7, 11) is 0. The Morgan fingerprint density at radius 2 is 2.00 bits per heavy atom. The molecule has 2 aromatic carbocycles. The predicted octanol–water partition coefficient (Wildman–Crippen LogP) is 4.75.